The Labute approximate surface area is 125 Å². The van der Waals surface area contributed by atoms with Crippen molar-refractivity contribution >= 4 is 29.6 Å². The molecule has 0 radical (unpaired) electrons. The number of carboxylic acids is 1. The first kappa shape index (κ1) is 13.6. The predicted octanol–water partition coefficient (Wildman–Crippen LogP) is 1.73. The number of aliphatic imine (C=N–C) groups is 1. The summed E-state index contributed by atoms with van der Waals surface area (Å²) in [4.78, 5) is 27.1. The molecule has 2 heterocycles. The second-order valence-electron chi connectivity index (χ2n) is 4.44. The molecule has 1 saturated heterocycles. The molecule has 3 N–H and O–H groups in total. The van der Waals surface area contributed by atoms with Gasteiger partial charge < -0.3 is 14.8 Å². The quantitative estimate of drug-likeness (QED) is 0.748. The minimum atomic E-state index is -1.09. The van der Waals surface area contributed by atoms with Gasteiger partial charge >= 0.3 is 5.97 Å². The number of rotatable bonds is 3. The summed E-state index contributed by atoms with van der Waals surface area (Å²) in [5.74, 6) is -0.778. The zero-order valence-electron chi connectivity index (χ0n) is 11.2. The molecule has 1 aromatic heterocycles. The molecule has 7 nitrogen and oxygen atoms in total. The molecule has 2 aromatic rings. The maximum absolute atomic E-state index is 11.8. The van der Waals surface area contributed by atoms with Crippen LogP contribution in [0.25, 0.3) is 6.08 Å². The lowest BCUT2D eigenvalue weighted by Crippen LogP contribution is -2.24. The minimum Gasteiger partial charge on any atom is -0.478 e. The minimum absolute atomic E-state index is 0.0505. The number of aromatic carboxylic acids is 1. The lowest BCUT2D eigenvalue weighted by Gasteiger charge is -2.01. The van der Waals surface area contributed by atoms with Gasteiger partial charge in [0.05, 0.1) is 17.5 Å². The highest BCUT2D eigenvalue weighted by molar-refractivity contribution is 6.16. The summed E-state index contributed by atoms with van der Waals surface area (Å²) < 4.78 is 5.13. The van der Waals surface area contributed by atoms with Crippen molar-refractivity contribution in [2.24, 2.45) is 4.99 Å². The van der Waals surface area contributed by atoms with Gasteiger partial charge in [0.1, 0.15) is 11.5 Å². The van der Waals surface area contributed by atoms with Crippen LogP contribution in [-0.2, 0) is 4.79 Å². The number of guanidine groups is 1. The standard InChI is InChI=1S/C15H11N3O4/c19-13-12(8-9-4-3-7-22-9)17-15(18-13)16-11-6-2-1-5-10(11)14(20)21/h1-8H,(H,20,21)(H2,16,17,18,19)/b12-8-. The fourth-order valence-corrected chi connectivity index (χ4v) is 1.94. The lowest BCUT2D eigenvalue weighted by atomic mass is 10.2. The average Bonchev–Trinajstić information content (AvgIpc) is 3.10. The van der Waals surface area contributed by atoms with Gasteiger partial charge in [0.25, 0.3) is 5.91 Å². The first-order valence-corrected chi connectivity index (χ1v) is 6.38. The van der Waals surface area contributed by atoms with E-state index in [2.05, 4.69) is 15.6 Å². The molecule has 110 valence electrons. The Hall–Kier alpha value is -3.35. The summed E-state index contributed by atoms with van der Waals surface area (Å²) in [5, 5.41) is 14.4. The number of hydrogen-bond donors (Lipinski definition) is 3. The molecule has 0 saturated carbocycles. The lowest BCUT2D eigenvalue weighted by molar-refractivity contribution is -0.115. The van der Waals surface area contributed by atoms with Crippen LogP contribution >= 0.6 is 0 Å². The van der Waals surface area contributed by atoms with Gasteiger partial charge in [-0.1, -0.05) is 12.1 Å². The van der Waals surface area contributed by atoms with E-state index in [9.17, 15) is 9.59 Å². The summed E-state index contributed by atoms with van der Waals surface area (Å²) in [5.41, 5.74) is 0.563. The zero-order chi connectivity index (χ0) is 15.5. The van der Waals surface area contributed by atoms with Crippen LogP contribution in [0.1, 0.15) is 16.1 Å². The Balaban J connectivity index is 1.89. The number of para-hydroxylation sites is 1. The topological polar surface area (TPSA) is 104 Å². The zero-order valence-corrected chi connectivity index (χ0v) is 11.2. The molecule has 1 aromatic carbocycles. The first-order valence-electron chi connectivity index (χ1n) is 6.38. The molecule has 22 heavy (non-hydrogen) atoms. The van der Waals surface area contributed by atoms with Crippen molar-refractivity contribution in [3.05, 3.63) is 59.7 Å². The van der Waals surface area contributed by atoms with E-state index < -0.39 is 5.97 Å². The van der Waals surface area contributed by atoms with Crippen LogP contribution in [0.5, 0.6) is 0 Å². The van der Waals surface area contributed by atoms with Crippen molar-refractivity contribution in [2.75, 3.05) is 0 Å². The molecule has 0 atom stereocenters. The smallest absolute Gasteiger partial charge is 0.337 e. The Morgan fingerprint density at radius 1 is 1.18 bits per heavy atom. The summed E-state index contributed by atoms with van der Waals surface area (Å²) >= 11 is 0. The van der Waals surface area contributed by atoms with Crippen molar-refractivity contribution in [1.82, 2.24) is 10.6 Å². The summed E-state index contributed by atoms with van der Waals surface area (Å²) in [6, 6.07) is 9.68. The van der Waals surface area contributed by atoms with Gasteiger partial charge in [-0.3, -0.25) is 10.1 Å². The second kappa shape index (κ2) is 5.57. The van der Waals surface area contributed by atoms with Crippen LogP contribution in [-0.4, -0.2) is 22.9 Å². The summed E-state index contributed by atoms with van der Waals surface area (Å²) in [6.45, 7) is 0. The second-order valence-corrected chi connectivity index (χ2v) is 4.44. The van der Waals surface area contributed by atoms with E-state index >= 15 is 0 Å². The highest BCUT2D eigenvalue weighted by atomic mass is 16.4. The van der Waals surface area contributed by atoms with Gasteiger partial charge in [0, 0.05) is 6.08 Å². The van der Waals surface area contributed by atoms with Gasteiger partial charge in [0.2, 0.25) is 5.96 Å². The number of furan rings is 1. The number of carboxylic acid groups (broad SMARTS) is 1. The van der Waals surface area contributed by atoms with E-state index in [0.717, 1.165) is 0 Å². The molecular weight excluding hydrogens is 286 g/mol. The van der Waals surface area contributed by atoms with E-state index in [1.807, 2.05) is 0 Å². The molecule has 0 spiro atoms. The third-order valence-electron chi connectivity index (χ3n) is 2.93. The first-order chi connectivity index (χ1) is 10.6. The molecular formula is C15H11N3O4. The molecule has 3 rings (SSSR count). The Morgan fingerprint density at radius 2 is 2.00 bits per heavy atom. The number of amides is 1. The highest BCUT2D eigenvalue weighted by Crippen LogP contribution is 2.19. The van der Waals surface area contributed by atoms with Gasteiger partial charge in [-0.15, -0.1) is 0 Å². The molecule has 0 unspecified atom stereocenters. The summed E-state index contributed by atoms with van der Waals surface area (Å²) in [6.07, 6.45) is 3.03. The molecule has 1 amide bonds. The fraction of sp³-hybridized carbons (Fsp3) is 0. The Bertz CT molecular complexity index is 791. The number of carbonyl (C=O) groups is 2. The van der Waals surface area contributed by atoms with E-state index in [4.69, 9.17) is 9.52 Å². The van der Waals surface area contributed by atoms with Crippen molar-refractivity contribution < 1.29 is 19.1 Å². The van der Waals surface area contributed by atoms with Crippen LogP contribution in [0.15, 0.2) is 57.8 Å². The van der Waals surface area contributed by atoms with Crippen LogP contribution in [0, 0.1) is 0 Å². The maximum Gasteiger partial charge on any atom is 0.337 e. The number of nitrogens with zero attached hydrogens (tertiary/aromatic N) is 1. The third-order valence-corrected chi connectivity index (χ3v) is 2.93. The molecule has 1 aliphatic heterocycles. The maximum atomic E-state index is 11.8. The molecule has 0 bridgehead atoms. The molecule has 1 fully saturated rings. The van der Waals surface area contributed by atoms with Crippen molar-refractivity contribution in [1.29, 1.82) is 0 Å². The van der Waals surface area contributed by atoms with Crippen LogP contribution in [0.2, 0.25) is 0 Å². The largest absolute Gasteiger partial charge is 0.478 e. The van der Waals surface area contributed by atoms with Gasteiger partial charge in [-0.2, -0.15) is 0 Å². The van der Waals surface area contributed by atoms with Gasteiger partial charge in [-0.05, 0) is 24.3 Å². The normalized spacial score (nSPS) is 17.5. The third kappa shape index (κ3) is 2.73. The number of benzene rings is 1. The van der Waals surface area contributed by atoms with Crippen molar-refractivity contribution in [3.8, 4) is 0 Å². The van der Waals surface area contributed by atoms with E-state index in [-0.39, 0.29) is 28.8 Å². The monoisotopic (exact) mass is 297 g/mol. The van der Waals surface area contributed by atoms with Gasteiger partial charge in [0.15, 0.2) is 0 Å². The van der Waals surface area contributed by atoms with Crippen LogP contribution < -0.4 is 10.6 Å². The van der Waals surface area contributed by atoms with Crippen molar-refractivity contribution in [3.63, 3.8) is 0 Å². The molecule has 7 heteroatoms. The van der Waals surface area contributed by atoms with E-state index in [0.29, 0.717) is 5.76 Å². The predicted molar refractivity (Wildman–Crippen MR) is 78.5 cm³/mol. The van der Waals surface area contributed by atoms with Crippen molar-refractivity contribution in [2.45, 2.75) is 0 Å². The van der Waals surface area contributed by atoms with E-state index in [1.54, 1.807) is 30.3 Å². The number of hydrogen-bond acceptors (Lipinski definition) is 4. The SMILES string of the molecule is O=C1NC(=Nc2ccccc2C(=O)O)N/C1=C\c1ccco1. The van der Waals surface area contributed by atoms with E-state index in [1.165, 1.54) is 18.4 Å². The van der Waals surface area contributed by atoms with Crippen LogP contribution in [0.3, 0.4) is 0 Å². The average molecular weight is 297 g/mol. The molecule has 0 aliphatic carbocycles. The van der Waals surface area contributed by atoms with Crippen LogP contribution in [0.4, 0.5) is 5.69 Å². The van der Waals surface area contributed by atoms with Gasteiger partial charge in [-0.25, -0.2) is 9.79 Å². The molecule has 1 aliphatic rings. The number of carbonyl (C=O) groups excluding carboxylic acids is 1. The fourth-order valence-electron chi connectivity index (χ4n) is 1.94. The number of nitrogens with one attached hydrogen (secondary N) is 2. The summed E-state index contributed by atoms with van der Waals surface area (Å²) in [7, 11) is 0. The highest BCUT2D eigenvalue weighted by Gasteiger charge is 2.22. The Kier molecular flexibility index (Phi) is 3.45. The Morgan fingerprint density at radius 3 is 2.73 bits per heavy atom.